The summed E-state index contributed by atoms with van der Waals surface area (Å²) < 4.78 is 5.78. The molecule has 1 aromatic heterocycles. The van der Waals surface area contributed by atoms with Crippen LogP contribution in [-0.4, -0.2) is 22.1 Å². The van der Waals surface area contributed by atoms with Gasteiger partial charge in [-0.15, -0.1) is 0 Å². The topological polar surface area (TPSA) is 73.9 Å². The lowest BCUT2D eigenvalue weighted by Crippen LogP contribution is -2.35. The summed E-state index contributed by atoms with van der Waals surface area (Å²) in [4.78, 5) is 13.3. The normalized spacial score (nSPS) is 19.4. The van der Waals surface area contributed by atoms with Gasteiger partial charge in [0.1, 0.15) is 11.4 Å². The van der Waals surface area contributed by atoms with Crippen molar-refractivity contribution in [3.63, 3.8) is 0 Å². The van der Waals surface area contributed by atoms with E-state index in [1.54, 1.807) is 7.11 Å². The van der Waals surface area contributed by atoms with E-state index in [0.29, 0.717) is 5.82 Å². The molecule has 0 bridgehead atoms. The molecule has 1 fully saturated rings. The fraction of sp³-hybridized carbons (Fsp3) is 0.786. The lowest BCUT2D eigenvalue weighted by atomic mass is 9.83. The van der Waals surface area contributed by atoms with Gasteiger partial charge in [-0.2, -0.15) is 9.97 Å². The Morgan fingerprint density at radius 1 is 1.05 bits per heavy atom. The fourth-order valence-corrected chi connectivity index (χ4v) is 2.57. The number of anilines is 1. The van der Waals surface area contributed by atoms with Crippen LogP contribution in [0.2, 0.25) is 0 Å². The summed E-state index contributed by atoms with van der Waals surface area (Å²) in [6, 6.07) is 0. The highest BCUT2D eigenvalue weighted by Crippen LogP contribution is 2.38. The summed E-state index contributed by atoms with van der Waals surface area (Å²) in [6.45, 7) is 6.23. The van der Waals surface area contributed by atoms with E-state index >= 15 is 0 Å². The molecule has 1 saturated carbocycles. The number of nitrogens with zero attached hydrogens (tertiary/aromatic N) is 3. The minimum absolute atomic E-state index is 0.143. The molecule has 0 radical (unpaired) electrons. The van der Waals surface area contributed by atoms with Crippen molar-refractivity contribution >= 4 is 5.95 Å². The average molecular weight is 264 g/mol. The zero-order valence-electron chi connectivity index (χ0n) is 12.4. The smallest absolute Gasteiger partial charge is 0.223 e. The molecule has 1 aliphatic carbocycles. The first kappa shape index (κ1) is 14.2. The highest BCUT2D eigenvalue weighted by molar-refractivity contribution is 5.22. The van der Waals surface area contributed by atoms with Gasteiger partial charge in [-0.05, 0) is 12.8 Å². The standard InChI is InChI=1S/C14H24N4O/c1-13(2,3)10-16-11(18-12(15)17-10)14(19-4)8-6-5-7-9-14/h5-9H2,1-4H3,(H2,15,16,17,18). The Morgan fingerprint density at radius 2 is 1.68 bits per heavy atom. The molecule has 5 nitrogen and oxygen atoms in total. The highest BCUT2D eigenvalue weighted by Gasteiger charge is 2.38. The van der Waals surface area contributed by atoms with Crippen LogP contribution in [-0.2, 0) is 15.8 Å². The first-order valence-corrected chi connectivity index (χ1v) is 6.95. The number of aromatic nitrogens is 3. The van der Waals surface area contributed by atoms with Gasteiger partial charge in [0.15, 0.2) is 5.82 Å². The fourth-order valence-electron chi connectivity index (χ4n) is 2.57. The van der Waals surface area contributed by atoms with E-state index in [4.69, 9.17) is 10.5 Å². The lowest BCUT2D eigenvalue weighted by molar-refractivity contribution is -0.0518. The van der Waals surface area contributed by atoms with E-state index in [2.05, 4.69) is 35.7 Å². The summed E-state index contributed by atoms with van der Waals surface area (Å²) in [5.41, 5.74) is 5.34. The van der Waals surface area contributed by atoms with Gasteiger partial charge in [0, 0.05) is 12.5 Å². The Bertz CT molecular complexity index is 447. The molecule has 5 heteroatoms. The molecule has 0 aliphatic heterocycles. The first-order chi connectivity index (χ1) is 8.87. The van der Waals surface area contributed by atoms with E-state index in [0.717, 1.165) is 31.5 Å². The van der Waals surface area contributed by atoms with Crippen LogP contribution in [0.25, 0.3) is 0 Å². The second-order valence-corrected chi connectivity index (χ2v) is 6.35. The number of hydrogen-bond donors (Lipinski definition) is 1. The molecule has 1 aliphatic rings. The molecule has 1 aromatic rings. The third-order valence-electron chi connectivity index (χ3n) is 3.78. The summed E-state index contributed by atoms with van der Waals surface area (Å²) in [7, 11) is 1.74. The van der Waals surface area contributed by atoms with Crippen molar-refractivity contribution in [1.82, 2.24) is 15.0 Å². The number of nitrogens with two attached hydrogens (primary N) is 1. The van der Waals surface area contributed by atoms with Gasteiger partial charge < -0.3 is 10.5 Å². The second kappa shape index (κ2) is 5.04. The molecular weight excluding hydrogens is 240 g/mol. The maximum atomic E-state index is 5.86. The monoisotopic (exact) mass is 264 g/mol. The Morgan fingerprint density at radius 3 is 2.21 bits per heavy atom. The molecule has 0 spiro atoms. The van der Waals surface area contributed by atoms with Crippen LogP contribution in [0.15, 0.2) is 0 Å². The van der Waals surface area contributed by atoms with E-state index in [9.17, 15) is 0 Å². The summed E-state index contributed by atoms with van der Waals surface area (Å²) in [5.74, 6) is 1.72. The van der Waals surface area contributed by atoms with Gasteiger partial charge in [0.2, 0.25) is 5.95 Å². The van der Waals surface area contributed by atoms with E-state index in [1.807, 2.05) is 0 Å². The van der Waals surface area contributed by atoms with Crippen molar-refractivity contribution in [2.75, 3.05) is 12.8 Å². The number of rotatable bonds is 2. The lowest BCUT2D eigenvalue weighted by Gasteiger charge is -2.35. The van der Waals surface area contributed by atoms with Crippen LogP contribution in [0.1, 0.15) is 64.5 Å². The Hall–Kier alpha value is -1.23. The molecule has 1 heterocycles. The number of ether oxygens (including phenoxy) is 1. The van der Waals surface area contributed by atoms with Gasteiger partial charge in [0.05, 0.1) is 0 Å². The van der Waals surface area contributed by atoms with Crippen LogP contribution in [0.3, 0.4) is 0 Å². The van der Waals surface area contributed by atoms with Crippen LogP contribution in [0.4, 0.5) is 5.95 Å². The maximum absolute atomic E-state index is 5.86. The van der Waals surface area contributed by atoms with Crippen molar-refractivity contribution in [3.8, 4) is 0 Å². The average Bonchev–Trinajstić information content (AvgIpc) is 2.38. The van der Waals surface area contributed by atoms with Crippen LogP contribution in [0.5, 0.6) is 0 Å². The Kier molecular flexibility index (Phi) is 3.76. The number of methoxy groups -OCH3 is 1. The molecule has 106 valence electrons. The Balaban J connectivity index is 2.46. The molecule has 0 aromatic carbocycles. The maximum Gasteiger partial charge on any atom is 0.223 e. The third-order valence-corrected chi connectivity index (χ3v) is 3.78. The van der Waals surface area contributed by atoms with Crippen LogP contribution >= 0.6 is 0 Å². The molecule has 19 heavy (non-hydrogen) atoms. The predicted octanol–water partition coefficient (Wildman–Crippen LogP) is 2.56. The molecule has 2 rings (SSSR count). The van der Waals surface area contributed by atoms with E-state index < -0.39 is 0 Å². The van der Waals surface area contributed by atoms with Crippen LogP contribution < -0.4 is 5.73 Å². The summed E-state index contributed by atoms with van der Waals surface area (Å²) >= 11 is 0. The molecular formula is C14H24N4O. The summed E-state index contributed by atoms with van der Waals surface area (Å²) in [5, 5.41) is 0. The van der Waals surface area contributed by atoms with Gasteiger partial charge in [0.25, 0.3) is 0 Å². The highest BCUT2D eigenvalue weighted by atomic mass is 16.5. The van der Waals surface area contributed by atoms with Crippen molar-refractivity contribution < 1.29 is 4.74 Å². The molecule has 0 atom stereocenters. The van der Waals surface area contributed by atoms with E-state index in [-0.39, 0.29) is 17.0 Å². The summed E-state index contributed by atoms with van der Waals surface area (Å²) in [6.07, 6.45) is 5.44. The number of nitrogen functional groups attached to an aromatic ring is 1. The number of hydrogen-bond acceptors (Lipinski definition) is 5. The molecule has 0 saturated heterocycles. The van der Waals surface area contributed by atoms with Gasteiger partial charge in [-0.25, -0.2) is 4.98 Å². The van der Waals surface area contributed by atoms with Crippen molar-refractivity contribution in [2.45, 2.75) is 63.9 Å². The minimum Gasteiger partial charge on any atom is -0.370 e. The van der Waals surface area contributed by atoms with Crippen LogP contribution in [0, 0.1) is 0 Å². The third kappa shape index (κ3) is 2.86. The first-order valence-electron chi connectivity index (χ1n) is 6.95. The molecule has 2 N–H and O–H groups in total. The van der Waals surface area contributed by atoms with Crippen molar-refractivity contribution in [2.24, 2.45) is 0 Å². The largest absolute Gasteiger partial charge is 0.370 e. The SMILES string of the molecule is COC1(c2nc(N)nc(C(C)(C)C)n2)CCCCC1. The van der Waals surface area contributed by atoms with Crippen molar-refractivity contribution in [3.05, 3.63) is 11.6 Å². The van der Waals surface area contributed by atoms with Gasteiger partial charge in [-0.3, -0.25) is 0 Å². The predicted molar refractivity (Wildman–Crippen MR) is 74.7 cm³/mol. The zero-order chi connectivity index (χ0) is 14.1. The van der Waals surface area contributed by atoms with Crippen molar-refractivity contribution in [1.29, 1.82) is 0 Å². The quantitative estimate of drug-likeness (QED) is 0.888. The molecule has 0 unspecified atom stereocenters. The molecule has 0 amide bonds. The minimum atomic E-state index is -0.380. The van der Waals surface area contributed by atoms with Gasteiger partial charge >= 0.3 is 0 Å². The van der Waals surface area contributed by atoms with Gasteiger partial charge in [-0.1, -0.05) is 40.0 Å². The Labute approximate surface area is 115 Å². The second-order valence-electron chi connectivity index (χ2n) is 6.35. The van der Waals surface area contributed by atoms with E-state index in [1.165, 1.54) is 6.42 Å². The zero-order valence-corrected chi connectivity index (χ0v) is 12.4.